The van der Waals surface area contributed by atoms with E-state index in [4.69, 9.17) is 15.7 Å². The molecule has 3 unspecified atom stereocenters. The standard InChI is InChI=1S/C15H21N3O3/c1-10(12-8-5-9-21-12)17-15(19)13(14(16)18-20)11-6-3-2-4-7-11/h2-4,6-7,10,12-13,20H,5,8-9H2,1H3,(H2,16,18)(H,17,19). The van der Waals surface area contributed by atoms with Crippen molar-refractivity contribution in [1.82, 2.24) is 5.32 Å². The molecule has 1 aliphatic heterocycles. The fourth-order valence-corrected chi connectivity index (χ4v) is 2.56. The zero-order valence-electron chi connectivity index (χ0n) is 12.0. The molecule has 1 fully saturated rings. The van der Waals surface area contributed by atoms with Gasteiger partial charge in [0.05, 0.1) is 12.1 Å². The highest BCUT2D eigenvalue weighted by Gasteiger charge is 2.29. The van der Waals surface area contributed by atoms with Crippen molar-refractivity contribution in [2.75, 3.05) is 6.61 Å². The van der Waals surface area contributed by atoms with Crippen LogP contribution < -0.4 is 11.1 Å². The maximum atomic E-state index is 12.5. The predicted octanol–water partition coefficient (Wildman–Crippen LogP) is 1.20. The average Bonchev–Trinajstić information content (AvgIpc) is 3.02. The van der Waals surface area contributed by atoms with Crippen LogP contribution in [0.5, 0.6) is 0 Å². The fraction of sp³-hybridized carbons (Fsp3) is 0.467. The molecule has 1 aromatic rings. The van der Waals surface area contributed by atoms with E-state index >= 15 is 0 Å². The van der Waals surface area contributed by atoms with Crippen LogP contribution in [-0.2, 0) is 9.53 Å². The number of benzene rings is 1. The number of nitrogens with one attached hydrogen (secondary N) is 1. The van der Waals surface area contributed by atoms with Crippen molar-refractivity contribution < 1.29 is 14.7 Å². The van der Waals surface area contributed by atoms with E-state index in [0.717, 1.165) is 19.4 Å². The van der Waals surface area contributed by atoms with Crippen LogP contribution in [0.4, 0.5) is 0 Å². The Morgan fingerprint density at radius 1 is 1.48 bits per heavy atom. The largest absolute Gasteiger partial charge is 0.409 e. The lowest BCUT2D eigenvalue weighted by Gasteiger charge is -2.23. The number of nitrogens with two attached hydrogens (primary N) is 1. The second-order valence-corrected chi connectivity index (χ2v) is 5.22. The van der Waals surface area contributed by atoms with E-state index in [1.165, 1.54) is 0 Å². The highest BCUT2D eigenvalue weighted by molar-refractivity contribution is 6.07. The number of rotatable bonds is 5. The molecule has 1 aromatic carbocycles. The third-order valence-corrected chi connectivity index (χ3v) is 3.70. The Balaban J connectivity index is 2.11. The summed E-state index contributed by atoms with van der Waals surface area (Å²) in [5.74, 6) is -1.22. The van der Waals surface area contributed by atoms with Crippen LogP contribution in [0.15, 0.2) is 35.5 Å². The van der Waals surface area contributed by atoms with Crippen LogP contribution in [0.2, 0.25) is 0 Å². The van der Waals surface area contributed by atoms with Crippen LogP contribution in [0.1, 0.15) is 31.2 Å². The molecule has 4 N–H and O–H groups in total. The number of amidine groups is 1. The first-order valence-electron chi connectivity index (χ1n) is 7.08. The summed E-state index contributed by atoms with van der Waals surface area (Å²) in [4.78, 5) is 12.5. The number of hydrogen-bond acceptors (Lipinski definition) is 4. The highest BCUT2D eigenvalue weighted by Crippen LogP contribution is 2.19. The first kappa shape index (κ1) is 15.3. The maximum absolute atomic E-state index is 12.5. The topological polar surface area (TPSA) is 96.9 Å². The van der Waals surface area contributed by atoms with Gasteiger partial charge in [-0.25, -0.2) is 0 Å². The molecule has 0 aliphatic carbocycles. The Morgan fingerprint density at radius 3 is 2.76 bits per heavy atom. The monoisotopic (exact) mass is 291 g/mol. The van der Waals surface area contributed by atoms with Gasteiger partial charge in [0.15, 0.2) is 5.84 Å². The minimum absolute atomic E-state index is 0.0256. The van der Waals surface area contributed by atoms with E-state index in [0.29, 0.717) is 5.56 Å². The van der Waals surface area contributed by atoms with Gasteiger partial charge >= 0.3 is 0 Å². The molecule has 2 rings (SSSR count). The van der Waals surface area contributed by atoms with Crippen molar-refractivity contribution in [3.05, 3.63) is 35.9 Å². The minimum Gasteiger partial charge on any atom is -0.409 e. The first-order valence-corrected chi connectivity index (χ1v) is 7.08. The normalized spacial score (nSPS) is 21.8. The summed E-state index contributed by atoms with van der Waals surface area (Å²) < 4.78 is 5.56. The van der Waals surface area contributed by atoms with Crippen molar-refractivity contribution in [2.24, 2.45) is 10.9 Å². The second-order valence-electron chi connectivity index (χ2n) is 5.22. The third kappa shape index (κ3) is 3.72. The Labute approximate surface area is 124 Å². The van der Waals surface area contributed by atoms with E-state index in [-0.39, 0.29) is 23.9 Å². The van der Waals surface area contributed by atoms with Gasteiger partial charge in [-0.05, 0) is 25.3 Å². The number of oxime groups is 1. The molecule has 6 heteroatoms. The maximum Gasteiger partial charge on any atom is 0.235 e. The number of amides is 1. The molecule has 0 spiro atoms. The van der Waals surface area contributed by atoms with E-state index in [1.807, 2.05) is 25.1 Å². The molecule has 0 bridgehead atoms. The van der Waals surface area contributed by atoms with Gasteiger partial charge < -0.3 is 21.0 Å². The molecule has 1 amide bonds. The number of nitrogens with zero attached hydrogens (tertiary/aromatic N) is 1. The lowest BCUT2D eigenvalue weighted by Crippen LogP contribution is -2.45. The predicted molar refractivity (Wildman–Crippen MR) is 79.2 cm³/mol. The lowest BCUT2D eigenvalue weighted by molar-refractivity contribution is -0.122. The lowest BCUT2D eigenvalue weighted by atomic mass is 9.96. The molecular formula is C15H21N3O3. The zero-order chi connectivity index (χ0) is 15.2. The van der Waals surface area contributed by atoms with Crippen molar-refractivity contribution in [3.8, 4) is 0 Å². The average molecular weight is 291 g/mol. The van der Waals surface area contributed by atoms with Crippen LogP contribution in [0.25, 0.3) is 0 Å². The smallest absolute Gasteiger partial charge is 0.235 e. The molecule has 1 saturated heterocycles. The Bertz CT molecular complexity index is 498. The molecule has 0 radical (unpaired) electrons. The van der Waals surface area contributed by atoms with Crippen LogP contribution >= 0.6 is 0 Å². The van der Waals surface area contributed by atoms with Gasteiger partial charge in [0.2, 0.25) is 5.91 Å². The molecule has 114 valence electrons. The molecule has 3 atom stereocenters. The molecule has 6 nitrogen and oxygen atoms in total. The van der Waals surface area contributed by atoms with Gasteiger partial charge in [-0.3, -0.25) is 4.79 Å². The minimum atomic E-state index is -0.806. The van der Waals surface area contributed by atoms with Crippen LogP contribution in [0.3, 0.4) is 0 Å². The number of hydrogen-bond donors (Lipinski definition) is 3. The highest BCUT2D eigenvalue weighted by atomic mass is 16.5. The molecular weight excluding hydrogens is 270 g/mol. The van der Waals surface area contributed by atoms with E-state index in [2.05, 4.69) is 10.5 Å². The second kappa shape index (κ2) is 7.08. The van der Waals surface area contributed by atoms with Crippen molar-refractivity contribution in [3.63, 3.8) is 0 Å². The number of ether oxygens (including phenoxy) is 1. The first-order chi connectivity index (χ1) is 10.1. The number of carbonyl (C=O) groups excluding carboxylic acids is 1. The molecule has 0 saturated carbocycles. The van der Waals surface area contributed by atoms with Crippen molar-refractivity contribution >= 4 is 11.7 Å². The fourth-order valence-electron chi connectivity index (χ4n) is 2.56. The Morgan fingerprint density at radius 2 is 2.19 bits per heavy atom. The summed E-state index contributed by atoms with van der Waals surface area (Å²) in [6.45, 7) is 2.63. The van der Waals surface area contributed by atoms with Crippen molar-refractivity contribution in [2.45, 2.75) is 37.8 Å². The molecule has 0 aromatic heterocycles. The number of carbonyl (C=O) groups is 1. The van der Waals surface area contributed by atoms with Crippen LogP contribution in [-0.4, -0.2) is 35.7 Å². The molecule has 1 aliphatic rings. The van der Waals surface area contributed by atoms with Gasteiger partial charge in [0.1, 0.15) is 5.92 Å². The zero-order valence-corrected chi connectivity index (χ0v) is 12.0. The summed E-state index contributed by atoms with van der Waals surface area (Å²) >= 11 is 0. The Hall–Kier alpha value is -2.08. The van der Waals surface area contributed by atoms with Crippen LogP contribution in [0, 0.1) is 0 Å². The molecule has 21 heavy (non-hydrogen) atoms. The molecule has 1 heterocycles. The third-order valence-electron chi connectivity index (χ3n) is 3.70. The summed E-state index contributed by atoms with van der Waals surface area (Å²) in [5.41, 5.74) is 6.37. The quantitative estimate of drug-likeness (QED) is 0.329. The van der Waals surface area contributed by atoms with E-state index < -0.39 is 5.92 Å². The van der Waals surface area contributed by atoms with Crippen molar-refractivity contribution in [1.29, 1.82) is 0 Å². The summed E-state index contributed by atoms with van der Waals surface area (Å²) in [5, 5.41) is 14.8. The summed E-state index contributed by atoms with van der Waals surface area (Å²) in [7, 11) is 0. The summed E-state index contributed by atoms with van der Waals surface area (Å²) in [6, 6.07) is 8.91. The van der Waals surface area contributed by atoms with Gasteiger partial charge in [-0.15, -0.1) is 0 Å². The SMILES string of the molecule is CC(NC(=O)C(C(N)=NO)c1ccccc1)C1CCCO1. The summed E-state index contributed by atoms with van der Waals surface area (Å²) in [6.07, 6.45) is 1.96. The Kier molecular flexibility index (Phi) is 5.16. The van der Waals surface area contributed by atoms with E-state index in [1.54, 1.807) is 12.1 Å². The van der Waals surface area contributed by atoms with Gasteiger partial charge in [-0.2, -0.15) is 0 Å². The van der Waals surface area contributed by atoms with Gasteiger partial charge in [-0.1, -0.05) is 35.5 Å². The van der Waals surface area contributed by atoms with Gasteiger partial charge in [0, 0.05) is 6.61 Å². The van der Waals surface area contributed by atoms with E-state index in [9.17, 15) is 4.79 Å². The van der Waals surface area contributed by atoms with Gasteiger partial charge in [0.25, 0.3) is 0 Å².